The number of hydrogen-bond acceptors (Lipinski definition) is 5. The van der Waals surface area contributed by atoms with Crippen molar-refractivity contribution in [3.8, 4) is 5.75 Å². The number of carbonyl (C=O) groups is 1. The van der Waals surface area contributed by atoms with Gasteiger partial charge in [0.1, 0.15) is 11.4 Å². The van der Waals surface area contributed by atoms with E-state index < -0.39 is 0 Å². The summed E-state index contributed by atoms with van der Waals surface area (Å²) in [6, 6.07) is 5.95. The summed E-state index contributed by atoms with van der Waals surface area (Å²) in [7, 11) is 3.28. The molecular weight excluding hydrogens is 358 g/mol. The van der Waals surface area contributed by atoms with Crippen LogP contribution in [-0.2, 0) is 29.0 Å². The Labute approximate surface area is 166 Å². The molecule has 0 saturated carbocycles. The number of hydrogen-bond donors (Lipinski definition) is 1. The number of carbonyl (C=O) groups excluding carboxylic acids is 1. The first-order valence-corrected chi connectivity index (χ1v) is 9.60. The number of aryl methyl sites for hydroxylation is 1. The number of nitrogens with zero attached hydrogens (tertiary/aromatic N) is 2. The van der Waals surface area contributed by atoms with E-state index in [0.717, 1.165) is 28.1 Å². The van der Waals surface area contributed by atoms with Gasteiger partial charge in [0.15, 0.2) is 0 Å². The lowest BCUT2D eigenvalue weighted by molar-refractivity contribution is -0.00716. The minimum absolute atomic E-state index is 0.0475. The Morgan fingerprint density at radius 2 is 2.14 bits per heavy atom. The molecule has 152 valence electrons. The molecule has 2 heterocycles. The van der Waals surface area contributed by atoms with Crippen molar-refractivity contribution in [2.24, 2.45) is 0 Å². The molecule has 1 aliphatic rings. The fourth-order valence-corrected chi connectivity index (χ4v) is 3.64. The molecule has 0 radical (unpaired) electrons. The summed E-state index contributed by atoms with van der Waals surface area (Å²) in [6.45, 7) is 7.38. The van der Waals surface area contributed by atoms with Crippen LogP contribution in [0.15, 0.2) is 18.2 Å². The van der Waals surface area contributed by atoms with Crippen molar-refractivity contribution in [1.82, 2.24) is 15.1 Å². The summed E-state index contributed by atoms with van der Waals surface area (Å²) in [4.78, 5) is 13.1. The molecule has 1 amide bonds. The number of nitrogens with one attached hydrogen (secondary N) is 1. The Morgan fingerprint density at radius 1 is 1.36 bits per heavy atom. The summed E-state index contributed by atoms with van der Waals surface area (Å²) in [6.07, 6.45) is 0.584. The number of benzene rings is 1. The summed E-state index contributed by atoms with van der Waals surface area (Å²) in [5, 5.41) is 7.68. The van der Waals surface area contributed by atoms with Crippen LogP contribution < -0.4 is 10.1 Å². The summed E-state index contributed by atoms with van der Waals surface area (Å²) < 4.78 is 18.3. The Morgan fingerprint density at radius 3 is 2.86 bits per heavy atom. The van der Waals surface area contributed by atoms with Gasteiger partial charge in [-0.05, 0) is 32.4 Å². The number of ether oxygens (including phenoxy) is 3. The minimum Gasteiger partial charge on any atom is -0.496 e. The predicted molar refractivity (Wildman–Crippen MR) is 106 cm³/mol. The molecule has 0 bridgehead atoms. The largest absolute Gasteiger partial charge is 0.496 e. The van der Waals surface area contributed by atoms with Gasteiger partial charge < -0.3 is 19.5 Å². The first kappa shape index (κ1) is 20.4. The van der Waals surface area contributed by atoms with Gasteiger partial charge in [-0.1, -0.05) is 12.1 Å². The van der Waals surface area contributed by atoms with Crippen molar-refractivity contribution in [3.05, 3.63) is 46.3 Å². The van der Waals surface area contributed by atoms with Gasteiger partial charge in [0.2, 0.25) is 0 Å². The molecule has 1 aliphatic heterocycles. The van der Waals surface area contributed by atoms with Crippen molar-refractivity contribution in [2.45, 2.75) is 52.5 Å². The molecule has 28 heavy (non-hydrogen) atoms. The molecule has 0 aliphatic carbocycles. The predicted octanol–water partition coefficient (Wildman–Crippen LogP) is 2.80. The van der Waals surface area contributed by atoms with E-state index in [-0.39, 0.29) is 18.1 Å². The van der Waals surface area contributed by atoms with Crippen LogP contribution in [0.3, 0.4) is 0 Å². The quantitative estimate of drug-likeness (QED) is 0.791. The topological polar surface area (TPSA) is 74.6 Å². The minimum atomic E-state index is -0.145. The van der Waals surface area contributed by atoms with Gasteiger partial charge >= 0.3 is 0 Å². The molecule has 3 rings (SSSR count). The highest BCUT2D eigenvalue weighted by atomic mass is 16.5. The number of amides is 1. The number of fused-ring (bicyclic) bond motifs is 1. The molecule has 7 nitrogen and oxygen atoms in total. The Kier molecular flexibility index (Phi) is 6.36. The van der Waals surface area contributed by atoms with Gasteiger partial charge in [-0.3, -0.25) is 9.48 Å². The highest BCUT2D eigenvalue weighted by Gasteiger charge is 2.32. The van der Waals surface area contributed by atoms with Gasteiger partial charge in [-0.15, -0.1) is 0 Å². The van der Waals surface area contributed by atoms with Crippen LogP contribution in [0.4, 0.5) is 0 Å². The van der Waals surface area contributed by atoms with E-state index in [0.29, 0.717) is 31.8 Å². The normalized spacial score (nSPS) is 18.6. The average Bonchev–Trinajstić information content (AvgIpc) is 3.03. The smallest absolute Gasteiger partial charge is 0.270 e. The molecule has 0 unspecified atom stereocenters. The monoisotopic (exact) mass is 387 g/mol. The Hall–Kier alpha value is -2.38. The standard InChI is InChI=1S/C21H29N3O4/c1-13-6-7-16(18(10-13)27-5)12-22-21(25)20-17-11-14(2)28-15(3)19(17)23-24(20)8-9-26-4/h6-7,10,14-15H,8-9,11-12H2,1-5H3,(H,22,25)/t14-,15+/m0/s1. The van der Waals surface area contributed by atoms with Crippen molar-refractivity contribution in [1.29, 1.82) is 0 Å². The van der Waals surface area contributed by atoms with E-state index in [1.807, 2.05) is 39.0 Å². The molecule has 1 aromatic carbocycles. The van der Waals surface area contributed by atoms with Crippen LogP contribution >= 0.6 is 0 Å². The average molecular weight is 387 g/mol. The molecule has 1 aromatic heterocycles. The van der Waals surface area contributed by atoms with Gasteiger partial charge in [-0.25, -0.2) is 0 Å². The van der Waals surface area contributed by atoms with E-state index >= 15 is 0 Å². The first-order chi connectivity index (χ1) is 13.4. The fourth-order valence-electron chi connectivity index (χ4n) is 3.64. The van der Waals surface area contributed by atoms with Crippen LogP contribution in [0.25, 0.3) is 0 Å². The third kappa shape index (κ3) is 4.20. The Balaban J connectivity index is 1.86. The van der Waals surface area contributed by atoms with Crippen LogP contribution in [0.5, 0.6) is 5.75 Å². The van der Waals surface area contributed by atoms with E-state index in [1.54, 1.807) is 18.9 Å². The molecule has 0 fully saturated rings. The highest BCUT2D eigenvalue weighted by molar-refractivity contribution is 5.94. The van der Waals surface area contributed by atoms with Crippen molar-refractivity contribution in [3.63, 3.8) is 0 Å². The molecule has 2 atom stereocenters. The zero-order chi connectivity index (χ0) is 20.3. The molecular formula is C21H29N3O4. The SMILES string of the molecule is COCCn1nc2c(c1C(=O)NCc1ccc(C)cc1OC)C[C@H](C)O[C@@H]2C. The van der Waals surface area contributed by atoms with Gasteiger partial charge in [-0.2, -0.15) is 5.10 Å². The third-order valence-corrected chi connectivity index (χ3v) is 5.00. The second-order valence-electron chi connectivity index (χ2n) is 7.22. The maximum absolute atomic E-state index is 13.1. The maximum Gasteiger partial charge on any atom is 0.270 e. The van der Waals surface area contributed by atoms with Crippen LogP contribution in [0.2, 0.25) is 0 Å². The lowest BCUT2D eigenvalue weighted by Gasteiger charge is -2.24. The van der Waals surface area contributed by atoms with Crippen molar-refractivity contribution >= 4 is 5.91 Å². The maximum atomic E-state index is 13.1. The van der Waals surface area contributed by atoms with E-state index in [9.17, 15) is 4.79 Å². The zero-order valence-electron chi connectivity index (χ0n) is 17.2. The molecule has 2 aromatic rings. The van der Waals surface area contributed by atoms with E-state index in [4.69, 9.17) is 14.2 Å². The molecule has 0 spiro atoms. The lowest BCUT2D eigenvalue weighted by Crippen LogP contribution is -2.29. The highest BCUT2D eigenvalue weighted by Crippen LogP contribution is 2.31. The number of methoxy groups -OCH3 is 2. The third-order valence-electron chi connectivity index (χ3n) is 5.00. The molecule has 7 heteroatoms. The van der Waals surface area contributed by atoms with E-state index in [2.05, 4.69) is 10.4 Å². The number of aromatic nitrogens is 2. The second-order valence-corrected chi connectivity index (χ2v) is 7.22. The first-order valence-electron chi connectivity index (χ1n) is 9.60. The second kappa shape index (κ2) is 8.75. The fraction of sp³-hybridized carbons (Fsp3) is 0.524. The van der Waals surface area contributed by atoms with Crippen LogP contribution in [0.1, 0.15) is 52.8 Å². The van der Waals surface area contributed by atoms with Crippen LogP contribution in [-0.4, -0.2) is 42.6 Å². The van der Waals surface area contributed by atoms with Gasteiger partial charge in [0.05, 0.1) is 38.2 Å². The van der Waals surface area contributed by atoms with E-state index in [1.165, 1.54) is 0 Å². The molecule has 0 saturated heterocycles. The number of rotatable bonds is 7. The van der Waals surface area contributed by atoms with Gasteiger partial charge in [0, 0.05) is 31.2 Å². The lowest BCUT2D eigenvalue weighted by atomic mass is 9.99. The summed E-state index contributed by atoms with van der Waals surface area (Å²) in [5.74, 6) is 0.625. The molecule has 1 N–H and O–H groups in total. The zero-order valence-corrected chi connectivity index (χ0v) is 17.2. The Bertz CT molecular complexity index is 846. The van der Waals surface area contributed by atoms with Crippen molar-refractivity contribution < 1.29 is 19.0 Å². The summed E-state index contributed by atoms with van der Waals surface area (Å²) in [5.41, 5.74) is 4.45. The van der Waals surface area contributed by atoms with Crippen LogP contribution in [0, 0.1) is 6.92 Å². The van der Waals surface area contributed by atoms with Gasteiger partial charge in [0.25, 0.3) is 5.91 Å². The van der Waals surface area contributed by atoms with Crippen molar-refractivity contribution in [2.75, 3.05) is 20.8 Å². The summed E-state index contributed by atoms with van der Waals surface area (Å²) >= 11 is 0.